The zero-order valence-corrected chi connectivity index (χ0v) is 11.7. The molecular formula is C15H21NO4. The second-order valence-corrected chi connectivity index (χ2v) is 4.89. The average Bonchev–Trinajstić information content (AvgIpc) is 2.45. The van der Waals surface area contributed by atoms with E-state index in [0.29, 0.717) is 13.0 Å². The first-order valence-corrected chi connectivity index (χ1v) is 7.01. The van der Waals surface area contributed by atoms with Gasteiger partial charge in [0.1, 0.15) is 12.7 Å². The predicted molar refractivity (Wildman–Crippen MR) is 75.3 cm³/mol. The van der Waals surface area contributed by atoms with E-state index in [1.165, 1.54) is 0 Å². The van der Waals surface area contributed by atoms with Gasteiger partial charge in [-0.25, -0.2) is 0 Å². The zero-order valence-electron chi connectivity index (χ0n) is 11.7. The minimum absolute atomic E-state index is 0.00493. The number of para-hydroxylation sites is 2. The van der Waals surface area contributed by atoms with E-state index in [0.717, 1.165) is 31.1 Å². The summed E-state index contributed by atoms with van der Waals surface area (Å²) in [4.78, 5) is 12.7. The van der Waals surface area contributed by atoms with E-state index in [-0.39, 0.29) is 12.5 Å². The molecule has 1 aliphatic rings. The highest BCUT2D eigenvalue weighted by atomic mass is 16.6. The smallest absolute Gasteiger partial charge is 0.303 e. The molecular weight excluding hydrogens is 258 g/mol. The molecule has 5 nitrogen and oxygen atoms in total. The first-order chi connectivity index (χ1) is 9.69. The molecule has 2 rings (SSSR count). The van der Waals surface area contributed by atoms with Crippen LogP contribution in [0.15, 0.2) is 24.3 Å². The van der Waals surface area contributed by atoms with Crippen molar-refractivity contribution in [2.75, 3.05) is 26.2 Å². The third kappa shape index (κ3) is 4.13. The number of aliphatic carboxylic acids is 1. The van der Waals surface area contributed by atoms with Crippen LogP contribution in [0.1, 0.15) is 19.8 Å². The Morgan fingerprint density at radius 1 is 1.40 bits per heavy atom. The first-order valence-electron chi connectivity index (χ1n) is 7.01. The maximum atomic E-state index is 10.5. The molecule has 0 radical (unpaired) electrons. The Hall–Kier alpha value is -1.75. The van der Waals surface area contributed by atoms with Crippen LogP contribution in [0.4, 0.5) is 0 Å². The van der Waals surface area contributed by atoms with Crippen LogP contribution >= 0.6 is 0 Å². The Kier molecular flexibility index (Phi) is 5.24. The van der Waals surface area contributed by atoms with Crippen LogP contribution < -0.4 is 9.47 Å². The van der Waals surface area contributed by atoms with E-state index < -0.39 is 5.97 Å². The number of hydrogen-bond donors (Lipinski definition) is 1. The van der Waals surface area contributed by atoms with E-state index in [2.05, 4.69) is 11.8 Å². The van der Waals surface area contributed by atoms with Crippen LogP contribution in [0.5, 0.6) is 11.5 Å². The van der Waals surface area contributed by atoms with Crippen molar-refractivity contribution in [1.29, 1.82) is 0 Å². The highest BCUT2D eigenvalue weighted by Gasteiger charge is 2.22. The molecule has 1 atom stereocenters. The molecule has 0 aliphatic carbocycles. The number of ether oxygens (including phenoxy) is 2. The second kappa shape index (κ2) is 7.14. The normalized spacial score (nSPS) is 17.2. The summed E-state index contributed by atoms with van der Waals surface area (Å²) in [6.45, 7) is 5.00. The van der Waals surface area contributed by atoms with Gasteiger partial charge in [-0.3, -0.25) is 9.69 Å². The van der Waals surface area contributed by atoms with Crippen molar-refractivity contribution in [3.63, 3.8) is 0 Å². The van der Waals surface area contributed by atoms with E-state index in [4.69, 9.17) is 14.6 Å². The Balaban J connectivity index is 1.82. The molecule has 20 heavy (non-hydrogen) atoms. The van der Waals surface area contributed by atoms with Crippen molar-refractivity contribution < 1.29 is 19.4 Å². The fourth-order valence-electron chi connectivity index (χ4n) is 2.27. The lowest BCUT2D eigenvalue weighted by Gasteiger charge is -2.30. The molecule has 0 fully saturated rings. The molecule has 1 aromatic carbocycles. The number of rotatable bonds is 7. The van der Waals surface area contributed by atoms with E-state index in [1.54, 1.807) is 0 Å². The highest BCUT2D eigenvalue weighted by molar-refractivity contribution is 5.66. The quantitative estimate of drug-likeness (QED) is 0.827. The number of fused-ring (bicyclic) bond motifs is 1. The molecule has 1 aromatic rings. The summed E-state index contributed by atoms with van der Waals surface area (Å²) in [7, 11) is 0. The Morgan fingerprint density at radius 3 is 2.85 bits per heavy atom. The molecule has 0 bridgehead atoms. The fraction of sp³-hybridized carbons (Fsp3) is 0.533. The molecule has 0 saturated heterocycles. The van der Waals surface area contributed by atoms with Crippen LogP contribution in [0, 0.1) is 0 Å². The van der Waals surface area contributed by atoms with Crippen LogP contribution in [0.2, 0.25) is 0 Å². The van der Waals surface area contributed by atoms with Gasteiger partial charge in [-0.15, -0.1) is 0 Å². The van der Waals surface area contributed by atoms with Crippen molar-refractivity contribution >= 4 is 5.97 Å². The zero-order chi connectivity index (χ0) is 14.4. The molecule has 0 aromatic heterocycles. The predicted octanol–water partition coefficient (Wildman–Crippen LogP) is 2.01. The summed E-state index contributed by atoms with van der Waals surface area (Å²) >= 11 is 0. The Labute approximate surface area is 119 Å². The van der Waals surface area contributed by atoms with Gasteiger partial charge >= 0.3 is 5.97 Å². The summed E-state index contributed by atoms with van der Waals surface area (Å²) in [6.07, 6.45) is 0.865. The lowest BCUT2D eigenvalue weighted by Crippen LogP contribution is -2.41. The van der Waals surface area contributed by atoms with Gasteiger partial charge in [0, 0.05) is 13.0 Å². The van der Waals surface area contributed by atoms with Gasteiger partial charge in [-0.1, -0.05) is 19.1 Å². The van der Waals surface area contributed by atoms with Gasteiger partial charge in [-0.05, 0) is 31.6 Å². The molecule has 0 amide bonds. The molecule has 110 valence electrons. The first kappa shape index (κ1) is 14.7. The van der Waals surface area contributed by atoms with Crippen molar-refractivity contribution in [1.82, 2.24) is 4.90 Å². The van der Waals surface area contributed by atoms with Gasteiger partial charge in [-0.2, -0.15) is 0 Å². The summed E-state index contributed by atoms with van der Waals surface area (Å²) in [5.74, 6) is 0.829. The van der Waals surface area contributed by atoms with E-state index in [1.807, 2.05) is 24.3 Å². The molecule has 0 saturated carbocycles. The van der Waals surface area contributed by atoms with Gasteiger partial charge in [0.2, 0.25) is 0 Å². The van der Waals surface area contributed by atoms with Crippen LogP contribution in [0.25, 0.3) is 0 Å². The van der Waals surface area contributed by atoms with Crippen molar-refractivity contribution in [3.05, 3.63) is 24.3 Å². The number of likely N-dealkylation sites (N-methyl/N-ethyl adjacent to an activating group) is 1. The van der Waals surface area contributed by atoms with E-state index >= 15 is 0 Å². The van der Waals surface area contributed by atoms with Crippen molar-refractivity contribution in [3.8, 4) is 11.5 Å². The van der Waals surface area contributed by atoms with Gasteiger partial charge < -0.3 is 14.6 Å². The molecule has 1 heterocycles. The summed E-state index contributed by atoms with van der Waals surface area (Å²) < 4.78 is 11.6. The highest BCUT2D eigenvalue weighted by Crippen LogP contribution is 2.30. The van der Waals surface area contributed by atoms with Crippen LogP contribution in [-0.4, -0.2) is 48.3 Å². The van der Waals surface area contributed by atoms with Crippen LogP contribution in [0.3, 0.4) is 0 Å². The third-order valence-electron chi connectivity index (χ3n) is 3.34. The van der Waals surface area contributed by atoms with Gasteiger partial charge in [0.25, 0.3) is 0 Å². The SMILES string of the molecule is CCN(CCCC(=O)O)C[C@H]1COc2ccccc2O1. The number of carboxylic acid groups (broad SMARTS) is 1. The molecule has 0 spiro atoms. The van der Waals surface area contributed by atoms with Gasteiger partial charge in [0.15, 0.2) is 11.5 Å². The minimum Gasteiger partial charge on any atom is -0.486 e. The lowest BCUT2D eigenvalue weighted by atomic mass is 10.2. The fourth-order valence-corrected chi connectivity index (χ4v) is 2.27. The number of nitrogens with zero attached hydrogens (tertiary/aromatic N) is 1. The van der Waals surface area contributed by atoms with Gasteiger partial charge in [0.05, 0.1) is 0 Å². The molecule has 5 heteroatoms. The second-order valence-electron chi connectivity index (χ2n) is 4.89. The standard InChI is InChI=1S/C15H21NO4/c1-2-16(9-5-8-15(17)18)10-12-11-19-13-6-3-4-7-14(13)20-12/h3-4,6-7,12H,2,5,8-11H2,1H3,(H,17,18)/t12-/m0/s1. The Morgan fingerprint density at radius 2 is 2.15 bits per heavy atom. The topological polar surface area (TPSA) is 59.0 Å². The molecule has 1 aliphatic heterocycles. The van der Waals surface area contributed by atoms with Crippen molar-refractivity contribution in [2.45, 2.75) is 25.9 Å². The third-order valence-corrected chi connectivity index (χ3v) is 3.34. The van der Waals surface area contributed by atoms with Crippen LogP contribution in [-0.2, 0) is 4.79 Å². The molecule has 1 N–H and O–H groups in total. The number of carbonyl (C=O) groups is 1. The number of benzene rings is 1. The average molecular weight is 279 g/mol. The monoisotopic (exact) mass is 279 g/mol. The molecule has 0 unspecified atom stereocenters. The lowest BCUT2D eigenvalue weighted by molar-refractivity contribution is -0.137. The maximum absolute atomic E-state index is 10.5. The number of carboxylic acids is 1. The van der Waals surface area contributed by atoms with E-state index in [9.17, 15) is 4.79 Å². The summed E-state index contributed by atoms with van der Waals surface area (Å²) in [5, 5.41) is 8.67. The summed E-state index contributed by atoms with van der Waals surface area (Å²) in [6, 6.07) is 7.65. The number of hydrogen-bond acceptors (Lipinski definition) is 4. The maximum Gasteiger partial charge on any atom is 0.303 e. The summed E-state index contributed by atoms with van der Waals surface area (Å²) in [5.41, 5.74) is 0. The van der Waals surface area contributed by atoms with Crippen molar-refractivity contribution in [2.24, 2.45) is 0 Å². The largest absolute Gasteiger partial charge is 0.486 e. The minimum atomic E-state index is -0.743. The Bertz CT molecular complexity index is 449.